The van der Waals surface area contributed by atoms with Crippen molar-refractivity contribution in [1.82, 2.24) is 15.3 Å². The maximum Gasteiger partial charge on any atom is 0.407 e. The number of anilines is 2. The number of fused-ring (bicyclic) bond motifs is 3. The molecule has 0 saturated heterocycles. The minimum absolute atomic E-state index is 0.0227. The Labute approximate surface area is 185 Å². The first-order valence-electron chi connectivity index (χ1n) is 10.3. The molecule has 32 heavy (non-hydrogen) atoms. The molecule has 0 aliphatic heterocycles. The van der Waals surface area contributed by atoms with Crippen molar-refractivity contribution < 1.29 is 19.7 Å². The second kappa shape index (κ2) is 9.21. The predicted octanol–water partition coefficient (Wildman–Crippen LogP) is 1.96. The zero-order valence-corrected chi connectivity index (χ0v) is 17.3. The predicted molar refractivity (Wildman–Crippen MR) is 120 cm³/mol. The molecule has 1 aliphatic rings. The Bertz CT molecular complexity index is 1080. The van der Waals surface area contributed by atoms with Crippen LogP contribution < -0.4 is 16.8 Å². The number of hydrogen-bond donors (Lipinski definition) is 5. The lowest BCUT2D eigenvalue weighted by Crippen LogP contribution is -2.31. The molecule has 0 bridgehead atoms. The molecular weight excluding hydrogens is 410 g/mol. The summed E-state index contributed by atoms with van der Waals surface area (Å²) in [5, 5.41) is 23.0. The van der Waals surface area contributed by atoms with Crippen molar-refractivity contribution in [3.63, 3.8) is 0 Å². The molecule has 1 aliphatic carbocycles. The lowest BCUT2D eigenvalue weighted by Gasteiger charge is -2.18. The van der Waals surface area contributed by atoms with E-state index in [0.717, 1.165) is 22.3 Å². The van der Waals surface area contributed by atoms with Gasteiger partial charge in [-0.15, -0.1) is 0 Å². The largest absolute Gasteiger partial charge is 0.449 e. The minimum Gasteiger partial charge on any atom is -0.449 e. The van der Waals surface area contributed by atoms with Gasteiger partial charge in [-0.3, -0.25) is 0 Å². The fourth-order valence-electron chi connectivity index (χ4n) is 3.90. The third-order valence-corrected chi connectivity index (χ3v) is 5.57. The van der Waals surface area contributed by atoms with Crippen LogP contribution in [0.5, 0.6) is 0 Å². The number of aromatic nitrogens is 2. The average molecular weight is 435 g/mol. The van der Waals surface area contributed by atoms with Crippen molar-refractivity contribution in [2.24, 2.45) is 0 Å². The molecular formula is C23H25N5O4. The molecule has 9 heteroatoms. The van der Waals surface area contributed by atoms with Crippen molar-refractivity contribution in [2.45, 2.75) is 24.5 Å². The van der Waals surface area contributed by atoms with Crippen LogP contribution in [0.15, 0.2) is 54.7 Å². The van der Waals surface area contributed by atoms with E-state index in [9.17, 15) is 15.0 Å². The molecule has 0 fully saturated rings. The number of aliphatic hydroxyl groups is 2. The van der Waals surface area contributed by atoms with E-state index in [1.165, 1.54) is 6.20 Å². The van der Waals surface area contributed by atoms with Gasteiger partial charge >= 0.3 is 6.09 Å². The Kier molecular flexibility index (Phi) is 6.20. The van der Waals surface area contributed by atoms with Crippen LogP contribution >= 0.6 is 0 Å². The summed E-state index contributed by atoms with van der Waals surface area (Å²) in [6, 6.07) is 16.2. The third-order valence-electron chi connectivity index (χ3n) is 5.57. The topological polar surface area (TPSA) is 157 Å². The zero-order valence-electron chi connectivity index (χ0n) is 17.3. The summed E-state index contributed by atoms with van der Waals surface area (Å²) in [5.41, 5.74) is 15.7. The maximum atomic E-state index is 12.2. The SMILES string of the molecule is Nc1ncc(C(O)C(O)CCNC(=O)OCC2c3ccccc3-c3ccccc32)nc1N. The van der Waals surface area contributed by atoms with Gasteiger partial charge in [0.2, 0.25) is 0 Å². The molecule has 7 N–H and O–H groups in total. The molecule has 166 valence electrons. The lowest BCUT2D eigenvalue weighted by atomic mass is 9.98. The van der Waals surface area contributed by atoms with Gasteiger partial charge in [-0.05, 0) is 28.7 Å². The van der Waals surface area contributed by atoms with E-state index < -0.39 is 18.3 Å². The number of aliphatic hydroxyl groups excluding tert-OH is 2. The number of nitrogen functional groups attached to an aromatic ring is 2. The van der Waals surface area contributed by atoms with E-state index in [1.54, 1.807) is 0 Å². The first kappa shape index (κ1) is 21.5. The van der Waals surface area contributed by atoms with Crippen LogP contribution in [-0.2, 0) is 4.74 Å². The summed E-state index contributed by atoms with van der Waals surface area (Å²) >= 11 is 0. The summed E-state index contributed by atoms with van der Waals surface area (Å²) in [6.07, 6.45) is -1.75. The van der Waals surface area contributed by atoms with E-state index >= 15 is 0 Å². The van der Waals surface area contributed by atoms with E-state index in [1.807, 2.05) is 36.4 Å². The van der Waals surface area contributed by atoms with Gasteiger partial charge in [0.25, 0.3) is 0 Å². The number of carbonyl (C=O) groups excluding carboxylic acids is 1. The van der Waals surface area contributed by atoms with Crippen molar-refractivity contribution in [3.05, 3.63) is 71.5 Å². The van der Waals surface area contributed by atoms with E-state index in [4.69, 9.17) is 16.2 Å². The van der Waals surface area contributed by atoms with Crippen LogP contribution in [0.25, 0.3) is 11.1 Å². The summed E-state index contributed by atoms with van der Waals surface area (Å²) in [5.74, 6) is -0.00649. The van der Waals surface area contributed by atoms with Gasteiger partial charge in [-0.25, -0.2) is 14.8 Å². The summed E-state index contributed by atoms with van der Waals surface area (Å²) in [7, 11) is 0. The molecule has 0 radical (unpaired) electrons. The van der Waals surface area contributed by atoms with Crippen LogP contribution in [0, 0.1) is 0 Å². The molecule has 4 rings (SSSR count). The molecule has 9 nitrogen and oxygen atoms in total. The van der Waals surface area contributed by atoms with E-state index in [2.05, 4.69) is 27.4 Å². The number of alkyl carbamates (subject to hydrolysis) is 1. The third kappa shape index (κ3) is 4.34. The molecule has 2 atom stereocenters. The number of ether oxygens (including phenoxy) is 1. The number of rotatable bonds is 7. The van der Waals surface area contributed by atoms with Crippen molar-refractivity contribution >= 4 is 17.7 Å². The number of nitrogens with zero attached hydrogens (tertiary/aromatic N) is 2. The Morgan fingerprint density at radius 2 is 1.66 bits per heavy atom. The van der Waals surface area contributed by atoms with Crippen LogP contribution in [0.1, 0.15) is 35.3 Å². The van der Waals surface area contributed by atoms with Gasteiger partial charge < -0.3 is 31.7 Å². The second-order valence-electron chi connectivity index (χ2n) is 7.62. The van der Waals surface area contributed by atoms with Crippen molar-refractivity contribution in [2.75, 3.05) is 24.6 Å². The Morgan fingerprint density at radius 1 is 1.03 bits per heavy atom. The number of nitrogens with one attached hydrogen (secondary N) is 1. The van der Waals surface area contributed by atoms with Gasteiger partial charge in [0.05, 0.1) is 18.0 Å². The van der Waals surface area contributed by atoms with Gasteiger partial charge in [0.1, 0.15) is 12.7 Å². The summed E-state index contributed by atoms with van der Waals surface area (Å²) in [6.45, 7) is 0.304. The molecule has 0 saturated carbocycles. The second-order valence-corrected chi connectivity index (χ2v) is 7.62. The highest BCUT2D eigenvalue weighted by Crippen LogP contribution is 2.44. The monoisotopic (exact) mass is 435 g/mol. The fourth-order valence-corrected chi connectivity index (χ4v) is 3.90. The van der Waals surface area contributed by atoms with E-state index in [0.29, 0.717) is 0 Å². The van der Waals surface area contributed by atoms with Gasteiger partial charge in [-0.2, -0.15) is 0 Å². The molecule has 1 amide bonds. The first-order chi connectivity index (χ1) is 15.5. The van der Waals surface area contributed by atoms with Gasteiger partial charge in [0.15, 0.2) is 11.6 Å². The smallest absolute Gasteiger partial charge is 0.407 e. The normalized spacial score (nSPS) is 14.3. The Balaban J connectivity index is 1.28. The molecule has 2 aromatic carbocycles. The summed E-state index contributed by atoms with van der Waals surface area (Å²) < 4.78 is 5.45. The van der Waals surface area contributed by atoms with Crippen LogP contribution in [-0.4, -0.2) is 45.5 Å². The van der Waals surface area contributed by atoms with Gasteiger partial charge in [-0.1, -0.05) is 48.5 Å². The molecule has 3 aromatic rings. The quantitative estimate of drug-likeness (QED) is 0.377. The number of nitrogens with two attached hydrogens (primary N) is 2. The highest BCUT2D eigenvalue weighted by molar-refractivity contribution is 5.79. The Morgan fingerprint density at radius 3 is 2.28 bits per heavy atom. The zero-order chi connectivity index (χ0) is 22.7. The van der Waals surface area contributed by atoms with Crippen molar-refractivity contribution in [3.8, 4) is 11.1 Å². The van der Waals surface area contributed by atoms with Crippen LogP contribution in [0.4, 0.5) is 16.4 Å². The standard InChI is InChI=1S/C23H25N5O4/c24-21-22(25)28-18(11-27-21)20(30)19(29)9-10-26-23(31)32-12-17-15-7-3-1-5-13(15)14-6-2-4-8-16(14)17/h1-8,11,17,19-20,29-30H,9-10,12H2,(H2,24,27)(H2,25,28)(H,26,31). The fraction of sp³-hybridized carbons (Fsp3) is 0.261. The average Bonchev–Trinajstić information content (AvgIpc) is 3.12. The first-order valence-corrected chi connectivity index (χ1v) is 10.3. The summed E-state index contributed by atoms with van der Waals surface area (Å²) in [4.78, 5) is 19.9. The highest BCUT2D eigenvalue weighted by Gasteiger charge is 2.29. The van der Waals surface area contributed by atoms with E-state index in [-0.39, 0.29) is 42.8 Å². The minimum atomic E-state index is -1.31. The molecule has 2 unspecified atom stereocenters. The number of amides is 1. The van der Waals surface area contributed by atoms with Crippen molar-refractivity contribution in [1.29, 1.82) is 0 Å². The molecule has 0 spiro atoms. The van der Waals surface area contributed by atoms with Crippen LogP contribution in [0.2, 0.25) is 0 Å². The number of carbonyl (C=O) groups is 1. The number of benzene rings is 2. The Hall–Kier alpha value is -3.69. The molecule has 1 heterocycles. The maximum absolute atomic E-state index is 12.2. The molecule has 1 aromatic heterocycles. The van der Waals surface area contributed by atoms with Gasteiger partial charge in [0, 0.05) is 12.5 Å². The van der Waals surface area contributed by atoms with Crippen LogP contribution in [0.3, 0.4) is 0 Å². The highest BCUT2D eigenvalue weighted by atomic mass is 16.5. The lowest BCUT2D eigenvalue weighted by molar-refractivity contribution is 0.0111. The number of hydrogen-bond acceptors (Lipinski definition) is 8.